The third-order valence-corrected chi connectivity index (χ3v) is 8.87. The van der Waals surface area contributed by atoms with Crippen molar-refractivity contribution in [3.8, 4) is 21.7 Å². The lowest BCUT2D eigenvalue weighted by atomic mass is 9.99. The van der Waals surface area contributed by atoms with Crippen molar-refractivity contribution >= 4 is 40.0 Å². The highest BCUT2D eigenvalue weighted by atomic mass is 32.1. The minimum atomic E-state index is -4.66. The van der Waals surface area contributed by atoms with Crippen LogP contribution in [0, 0.1) is 0 Å². The van der Waals surface area contributed by atoms with E-state index >= 15 is 0 Å². The molecule has 3 aromatic heterocycles. The van der Waals surface area contributed by atoms with Crippen LogP contribution in [0.25, 0.3) is 32.6 Å². The van der Waals surface area contributed by atoms with Gasteiger partial charge in [-0.15, -0.1) is 11.3 Å². The summed E-state index contributed by atoms with van der Waals surface area (Å²) in [5, 5.41) is 18.2. The Labute approximate surface area is 278 Å². The van der Waals surface area contributed by atoms with Gasteiger partial charge in [-0.2, -0.15) is 13.2 Å². The van der Waals surface area contributed by atoms with Crippen LogP contribution < -0.4 is 21.4 Å². The Morgan fingerprint density at radius 3 is 2.50 bits per heavy atom. The number of piperazine rings is 1. The van der Waals surface area contributed by atoms with Crippen LogP contribution in [0.4, 0.5) is 23.8 Å². The Morgan fingerprint density at radius 2 is 1.81 bits per heavy atom. The van der Waals surface area contributed by atoms with E-state index in [1.165, 1.54) is 18.5 Å². The Bertz CT molecular complexity index is 1840. The van der Waals surface area contributed by atoms with Crippen molar-refractivity contribution in [2.24, 2.45) is 0 Å². The minimum absolute atomic E-state index is 0.0305. The molecular weight excluding hydrogens is 649 g/mol. The highest BCUT2D eigenvalue weighted by Crippen LogP contribution is 2.39. The molecule has 0 aliphatic carbocycles. The predicted molar refractivity (Wildman–Crippen MR) is 178 cm³/mol. The highest BCUT2D eigenvalue weighted by Gasteiger charge is 2.34. The number of aromatic nitrogens is 3. The molecule has 0 spiro atoms. The predicted octanol–water partition coefficient (Wildman–Crippen LogP) is 3.71. The molecule has 4 heterocycles. The average molecular weight is 687 g/mol. The zero-order valence-corrected chi connectivity index (χ0v) is 27.4. The maximum Gasteiger partial charge on any atom is 0.434 e. The number of nitrogens with zero attached hydrogens (tertiary/aromatic N) is 5. The monoisotopic (exact) mass is 686 g/mol. The number of carbonyl (C=O) groups excluding carboxylic acids is 2. The van der Waals surface area contributed by atoms with Crippen molar-refractivity contribution in [3.05, 3.63) is 63.5 Å². The van der Waals surface area contributed by atoms with Gasteiger partial charge in [0.25, 0.3) is 5.91 Å². The molecule has 1 saturated heterocycles. The number of alkyl halides is 3. The van der Waals surface area contributed by atoms with E-state index in [9.17, 15) is 32.7 Å². The summed E-state index contributed by atoms with van der Waals surface area (Å²) in [5.74, 6) is -0.530. The molecule has 1 aliphatic rings. The van der Waals surface area contributed by atoms with Crippen LogP contribution in [-0.2, 0) is 12.7 Å². The Balaban J connectivity index is 1.60. The molecule has 4 N–H and O–H groups in total. The van der Waals surface area contributed by atoms with E-state index in [2.05, 4.69) is 42.8 Å². The van der Waals surface area contributed by atoms with Gasteiger partial charge in [-0.3, -0.25) is 19.8 Å². The van der Waals surface area contributed by atoms with Gasteiger partial charge < -0.3 is 25.2 Å². The molecule has 0 bridgehead atoms. The van der Waals surface area contributed by atoms with Crippen molar-refractivity contribution in [1.29, 1.82) is 0 Å². The number of urea groups is 1. The van der Waals surface area contributed by atoms with E-state index < -0.39 is 29.2 Å². The van der Waals surface area contributed by atoms with Gasteiger partial charge in [0, 0.05) is 86.6 Å². The summed E-state index contributed by atoms with van der Waals surface area (Å²) in [4.78, 5) is 51.9. The number of thiazole rings is 1. The number of aliphatic hydroxyl groups is 1. The fourth-order valence-corrected chi connectivity index (χ4v) is 6.21. The Hall–Kier alpha value is -4.38. The smallest absolute Gasteiger partial charge is 0.395 e. The van der Waals surface area contributed by atoms with Crippen molar-refractivity contribution < 1.29 is 27.9 Å². The first-order valence-electron chi connectivity index (χ1n) is 15.5. The quantitative estimate of drug-likeness (QED) is 0.187. The highest BCUT2D eigenvalue weighted by molar-refractivity contribution is 7.13. The largest absolute Gasteiger partial charge is 0.434 e. The van der Waals surface area contributed by atoms with Gasteiger partial charge in [-0.05, 0) is 37.2 Å². The number of carbonyl (C=O) groups is 2. The topological polar surface area (TPSA) is 145 Å². The van der Waals surface area contributed by atoms with E-state index in [0.29, 0.717) is 42.7 Å². The fourth-order valence-electron chi connectivity index (χ4n) is 5.35. The number of halogens is 3. The zero-order chi connectivity index (χ0) is 34.4. The second-order valence-electron chi connectivity index (χ2n) is 11.5. The number of hydrogen-bond donors (Lipinski definition) is 4. The standard InChI is InChI=1S/C32H37F3N8O4S/c1-3-6-37-31(47)40-27-16-21(30-39-26(19-48-30)32(33,34)35)23(17-38-27)20-4-5-25-22(15-20)28(45)24(29(46)36-7-14-44)18-43(25)13-12-42-10-8-41(2)9-11-42/h4-5,15-19,44H,3,6-14H2,1-2H3,(H,36,46)(H2,37,38,40,47). The number of likely N-dealkylation sites (N-methyl/N-ethyl adjacent to an activating group) is 1. The summed E-state index contributed by atoms with van der Waals surface area (Å²) in [6, 6.07) is 5.99. The number of benzene rings is 1. The van der Waals surface area contributed by atoms with Crippen LogP contribution >= 0.6 is 11.3 Å². The lowest BCUT2D eigenvalue weighted by molar-refractivity contribution is -0.140. The molecule has 12 nitrogen and oxygen atoms in total. The molecule has 256 valence electrons. The van der Waals surface area contributed by atoms with Crippen LogP contribution in [-0.4, -0.2) is 101 Å². The van der Waals surface area contributed by atoms with Crippen molar-refractivity contribution in [1.82, 2.24) is 35.0 Å². The van der Waals surface area contributed by atoms with Gasteiger partial charge >= 0.3 is 12.2 Å². The lowest BCUT2D eigenvalue weighted by Gasteiger charge is -2.32. The van der Waals surface area contributed by atoms with Crippen LogP contribution in [0.5, 0.6) is 0 Å². The molecule has 48 heavy (non-hydrogen) atoms. The molecule has 4 aromatic rings. The van der Waals surface area contributed by atoms with Crippen LogP contribution in [0.3, 0.4) is 0 Å². The molecule has 3 amide bonds. The van der Waals surface area contributed by atoms with Gasteiger partial charge in [0.1, 0.15) is 16.4 Å². The fraction of sp³-hybridized carbons (Fsp3) is 0.406. The number of rotatable bonds is 11. The van der Waals surface area contributed by atoms with Gasteiger partial charge in [0.15, 0.2) is 5.69 Å². The van der Waals surface area contributed by atoms with Crippen LogP contribution in [0.15, 0.2) is 46.8 Å². The summed E-state index contributed by atoms with van der Waals surface area (Å²) in [6.07, 6.45) is -1.02. The first-order chi connectivity index (χ1) is 23.0. The molecular formula is C32H37F3N8O4S. The summed E-state index contributed by atoms with van der Waals surface area (Å²) in [7, 11) is 2.07. The number of fused-ring (bicyclic) bond motifs is 1. The summed E-state index contributed by atoms with van der Waals surface area (Å²) in [6.45, 7) is 6.79. The molecule has 0 radical (unpaired) electrons. The maximum atomic E-state index is 13.8. The van der Waals surface area contributed by atoms with Gasteiger partial charge in [0.2, 0.25) is 5.43 Å². The molecule has 0 saturated carbocycles. The second kappa shape index (κ2) is 15.2. The number of nitrogens with one attached hydrogen (secondary N) is 3. The summed E-state index contributed by atoms with van der Waals surface area (Å²) >= 11 is 0.789. The van der Waals surface area contributed by atoms with Gasteiger partial charge in [0.05, 0.1) is 12.1 Å². The number of anilines is 1. The SMILES string of the molecule is CCCNC(=O)Nc1cc(-c2nc(C(F)(F)F)cs2)c(-c2ccc3c(c2)c(=O)c(C(=O)NCCO)cn3CCN2CCN(C)CC2)cn1. The average Bonchev–Trinajstić information content (AvgIpc) is 3.58. The van der Waals surface area contributed by atoms with E-state index in [1.54, 1.807) is 18.2 Å². The van der Waals surface area contributed by atoms with E-state index in [0.717, 1.165) is 42.9 Å². The molecule has 1 fully saturated rings. The van der Waals surface area contributed by atoms with E-state index in [-0.39, 0.29) is 40.5 Å². The number of amides is 3. The first kappa shape index (κ1) is 34.9. The molecule has 1 aromatic carbocycles. The zero-order valence-electron chi connectivity index (χ0n) is 26.6. The normalized spacial score (nSPS) is 14.3. The van der Waals surface area contributed by atoms with E-state index in [1.807, 2.05) is 11.5 Å². The van der Waals surface area contributed by atoms with Gasteiger partial charge in [-0.1, -0.05) is 13.0 Å². The second-order valence-corrected chi connectivity index (χ2v) is 12.3. The number of aliphatic hydroxyl groups excluding tert-OH is 1. The maximum absolute atomic E-state index is 13.8. The van der Waals surface area contributed by atoms with Crippen LogP contribution in [0.1, 0.15) is 29.4 Å². The number of pyridine rings is 2. The van der Waals surface area contributed by atoms with Crippen molar-refractivity contribution in [2.45, 2.75) is 26.1 Å². The Morgan fingerprint density at radius 1 is 1.04 bits per heavy atom. The minimum Gasteiger partial charge on any atom is -0.395 e. The molecule has 1 aliphatic heterocycles. The lowest BCUT2D eigenvalue weighted by Crippen LogP contribution is -2.45. The number of hydrogen-bond acceptors (Lipinski definition) is 9. The molecule has 5 rings (SSSR count). The molecule has 0 unspecified atom stereocenters. The van der Waals surface area contributed by atoms with E-state index in [4.69, 9.17) is 0 Å². The van der Waals surface area contributed by atoms with Crippen molar-refractivity contribution in [3.63, 3.8) is 0 Å². The first-order valence-corrected chi connectivity index (χ1v) is 16.4. The van der Waals surface area contributed by atoms with Crippen molar-refractivity contribution in [2.75, 3.05) is 64.8 Å². The molecule has 16 heteroatoms. The third-order valence-electron chi connectivity index (χ3n) is 7.99. The van der Waals surface area contributed by atoms with Crippen LogP contribution in [0.2, 0.25) is 0 Å². The Kier molecular flexibility index (Phi) is 11.1. The summed E-state index contributed by atoms with van der Waals surface area (Å²) < 4.78 is 42.4. The molecule has 0 atom stereocenters. The van der Waals surface area contributed by atoms with Gasteiger partial charge in [-0.25, -0.2) is 14.8 Å². The summed E-state index contributed by atoms with van der Waals surface area (Å²) in [5.41, 5.74) is -0.0251. The third kappa shape index (κ3) is 8.18.